The minimum Gasteiger partial charge on any atom is -0.329 e. The summed E-state index contributed by atoms with van der Waals surface area (Å²) in [5.41, 5.74) is 5.60. The monoisotopic (exact) mass is 270 g/mol. The first-order valence-electron chi connectivity index (χ1n) is 3.99. The Labute approximate surface area is 100 Å². The van der Waals surface area contributed by atoms with Crippen LogP contribution < -0.4 is 10.5 Å². The Morgan fingerprint density at radius 3 is 2.60 bits per heavy atom. The summed E-state index contributed by atoms with van der Waals surface area (Å²) in [5, 5.41) is 0.484. The van der Waals surface area contributed by atoms with Crippen LogP contribution in [0, 0.1) is 0 Å². The van der Waals surface area contributed by atoms with Gasteiger partial charge in [-0.05, 0) is 18.2 Å². The standard InChI is InChI=1S/C8H11ClN2O2S.ClH/c9-7-2-1-3-8(6-7)11-14(12,13)5-4-10;/h1-3,6,11H,4-5,10H2;1H. The van der Waals surface area contributed by atoms with Crippen LogP contribution in [0.3, 0.4) is 0 Å². The number of halogens is 2. The van der Waals surface area contributed by atoms with Crippen LogP contribution in [0.25, 0.3) is 0 Å². The van der Waals surface area contributed by atoms with Crippen LogP contribution in [0.2, 0.25) is 5.02 Å². The van der Waals surface area contributed by atoms with Crippen molar-refractivity contribution in [3.63, 3.8) is 0 Å². The van der Waals surface area contributed by atoms with E-state index in [0.29, 0.717) is 10.7 Å². The second-order valence-electron chi connectivity index (χ2n) is 2.72. The van der Waals surface area contributed by atoms with Gasteiger partial charge in [-0.1, -0.05) is 17.7 Å². The van der Waals surface area contributed by atoms with Crippen LogP contribution in [-0.4, -0.2) is 20.7 Å². The van der Waals surface area contributed by atoms with Crippen LogP contribution in [-0.2, 0) is 10.0 Å². The average molecular weight is 271 g/mol. The molecule has 0 fully saturated rings. The lowest BCUT2D eigenvalue weighted by molar-refractivity contribution is 0.601. The Hall–Kier alpha value is -0.490. The number of hydrogen-bond acceptors (Lipinski definition) is 3. The van der Waals surface area contributed by atoms with Crippen molar-refractivity contribution in [2.75, 3.05) is 17.0 Å². The predicted octanol–water partition coefficient (Wildman–Crippen LogP) is 1.46. The molecular weight excluding hydrogens is 259 g/mol. The Balaban J connectivity index is 0.00000196. The molecule has 0 spiro atoms. The highest BCUT2D eigenvalue weighted by atomic mass is 35.5. The molecule has 0 amide bonds. The fraction of sp³-hybridized carbons (Fsp3) is 0.250. The van der Waals surface area contributed by atoms with Gasteiger partial charge in [-0.25, -0.2) is 8.42 Å². The lowest BCUT2D eigenvalue weighted by atomic mass is 10.3. The molecule has 7 heteroatoms. The molecule has 0 aliphatic rings. The van der Waals surface area contributed by atoms with Gasteiger partial charge in [0.05, 0.1) is 5.75 Å². The lowest BCUT2D eigenvalue weighted by Gasteiger charge is -2.06. The molecule has 0 saturated heterocycles. The number of hydrogen-bond donors (Lipinski definition) is 2. The van der Waals surface area contributed by atoms with Gasteiger partial charge in [0, 0.05) is 17.3 Å². The maximum Gasteiger partial charge on any atom is 0.233 e. The smallest absolute Gasteiger partial charge is 0.233 e. The summed E-state index contributed by atoms with van der Waals surface area (Å²) in [5.74, 6) is -0.0977. The van der Waals surface area contributed by atoms with E-state index in [1.165, 1.54) is 6.07 Å². The summed E-state index contributed by atoms with van der Waals surface area (Å²) in [6.07, 6.45) is 0. The van der Waals surface area contributed by atoms with Crippen LogP contribution in [0.1, 0.15) is 0 Å². The third-order valence-corrected chi connectivity index (χ3v) is 3.04. The summed E-state index contributed by atoms with van der Waals surface area (Å²) in [6, 6.07) is 6.50. The normalized spacial score (nSPS) is 10.5. The number of nitrogens with two attached hydrogens (primary N) is 1. The van der Waals surface area contributed by atoms with E-state index in [-0.39, 0.29) is 24.7 Å². The van der Waals surface area contributed by atoms with E-state index < -0.39 is 10.0 Å². The van der Waals surface area contributed by atoms with Gasteiger partial charge < -0.3 is 5.73 Å². The molecule has 0 unspecified atom stereocenters. The number of nitrogens with one attached hydrogen (secondary N) is 1. The Morgan fingerprint density at radius 2 is 2.07 bits per heavy atom. The molecule has 4 nitrogen and oxygen atoms in total. The topological polar surface area (TPSA) is 72.2 Å². The Morgan fingerprint density at radius 1 is 1.40 bits per heavy atom. The van der Waals surface area contributed by atoms with Gasteiger partial charge in [0.15, 0.2) is 0 Å². The first-order chi connectivity index (χ1) is 6.53. The molecule has 0 heterocycles. The molecule has 0 aliphatic carbocycles. The van der Waals surface area contributed by atoms with Crippen molar-refractivity contribution in [2.24, 2.45) is 5.73 Å². The summed E-state index contributed by atoms with van der Waals surface area (Å²) in [6.45, 7) is 0.0932. The van der Waals surface area contributed by atoms with Gasteiger partial charge in [-0.15, -0.1) is 12.4 Å². The number of benzene rings is 1. The maximum atomic E-state index is 11.3. The zero-order valence-corrected chi connectivity index (χ0v) is 10.2. The molecule has 1 rings (SSSR count). The van der Waals surface area contributed by atoms with E-state index in [0.717, 1.165) is 0 Å². The summed E-state index contributed by atoms with van der Waals surface area (Å²) >= 11 is 5.69. The first-order valence-corrected chi connectivity index (χ1v) is 6.02. The van der Waals surface area contributed by atoms with Gasteiger partial charge in [0.25, 0.3) is 0 Å². The van der Waals surface area contributed by atoms with Crippen molar-refractivity contribution < 1.29 is 8.42 Å². The van der Waals surface area contributed by atoms with Crippen molar-refractivity contribution in [1.29, 1.82) is 0 Å². The molecule has 0 aromatic heterocycles. The van der Waals surface area contributed by atoms with Gasteiger partial charge in [-0.2, -0.15) is 0 Å². The highest BCUT2D eigenvalue weighted by molar-refractivity contribution is 7.92. The first kappa shape index (κ1) is 14.5. The zero-order chi connectivity index (χ0) is 10.6. The quantitative estimate of drug-likeness (QED) is 0.870. The van der Waals surface area contributed by atoms with E-state index in [2.05, 4.69) is 4.72 Å². The van der Waals surface area contributed by atoms with Gasteiger partial charge in [-0.3, -0.25) is 4.72 Å². The van der Waals surface area contributed by atoms with Crippen molar-refractivity contribution in [3.05, 3.63) is 29.3 Å². The molecule has 3 N–H and O–H groups in total. The maximum absolute atomic E-state index is 11.3. The minimum absolute atomic E-state index is 0. The van der Waals surface area contributed by atoms with Crippen LogP contribution in [0.15, 0.2) is 24.3 Å². The lowest BCUT2D eigenvalue weighted by Crippen LogP contribution is -2.22. The predicted molar refractivity (Wildman–Crippen MR) is 65.2 cm³/mol. The third kappa shape index (κ3) is 5.22. The van der Waals surface area contributed by atoms with Crippen molar-refractivity contribution >= 4 is 39.7 Å². The highest BCUT2D eigenvalue weighted by Gasteiger charge is 2.08. The number of anilines is 1. The number of rotatable bonds is 4. The van der Waals surface area contributed by atoms with E-state index in [1.807, 2.05) is 0 Å². The van der Waals surface area contributed by atoms with E-state index >= 15 is 0 Å². The summed E-state index contributed by atoms with van der Waals surface area (Å²) in [4.78, 5) is 0. The van der Waals surface area contributed by atoms with E-state index in [4.69, 9.17) is 17.3 Å². The van der Waals surface area contributed by atoms with Gasteiger partial charge in [0.2, 0.25) is 10.0 Å². The van der Waals surface area contributed by atoms with Gasteiger partial charge in [0.1, 0.15) is 0 Å². The molecule has 0 aliphatic heterocycles. The van der Waals surface area contributed by atoms with E-state index in [1.54, 1.807) is 18.2 Å². The highest BCUT2D eigenvalue weighted by Crippen LogP contribution is 2.15. The fourth-order valence-corrected chi connectivity index (χ4v) is 2.03. The Kier molecular flexibility index (Phi) is 5.97. The van der Waals surface area contributed by atoms with Gasteiger partial charge >= 0.3 is 0 Å². The fourth-order valence-electron chi connectivity index (χ4n) is 0.938. The van der Waals surface area contributed by atoms with Crippen molar-refractivity contribution in [3.8, 4) is 0 Å². The van der Waals surface area contributed by atoms with Crippen LogP contribution in [0.5, 0.6) is 0 Å². The van der Waals surface area contributed by atoms with Crippen molar-refractivity contribution in [1.82, 2.24) is 0 Å². The second-order valence-corrected chi connectivity index (χ2v) is 5.00. The van der Waals surface area contributed by atoms with Crippen molar-refractivity contribution in [2.45, 2.75) is 0 Å². The molecular formula is C8H12Cl2N2O2S. The zero-order valence-electron chi connectivity index (χ0n) is 7.81. The third-order valence-electron chi connectivity index (χ3n) is 1.48. The molecule has 0 radical (unpaired) electrons. The molecule has 1 aromatic rings. The molecule has 15 heavy (non-hydrogen) atoms. The van der Waals surface area contributed by atoms with Crippen LogP contribution >= 0.6 is 24.0 Å². The second kappa shape index (κ2) is 6.17. The minimum atomic E-state index is -3.34. The summed E-state index contributed by atoms with van der Waals surface area (Å²) < 4.78 is 24.9. The Bertz CT molecular complexity index is 409. The summed E-state index contributed by atoms with van der Waals surface area (Å²) in [7, 11) is -3.34. The molecule has 0 atom stereocenters. The average Bonchev–Trinajstić information content (AvgIpc) is 2.02. The number of sulfonamides is 1. The molecule has 0 bridgehead atoms. The molecule has 0 saturated carbocycles. The van der Waals surface area contributed by atoms with Crippen LogP contribution in [0.4, 0.5) is 5.69 Å². The SMILES string of the molecule is Cl.NCCS(=O)(=O)Nc1cccc(Cl)c1. The molecule has 1 aromatic carbocycles. The largest absolute Gasteiger partial charge is 0.329 e. The molecule has 86 valence electrons. The van der Waals surface area contributed by atoms with E-state index in [9.17, 15) is 8.42 Å².